The number of hydrogen-bond acceptors (Lipinski definition) is 4. The highest BCUT2D eigenvalue weighted by atomic mass is 35.5. The summed E-state index contributed by atoms with van der Waals surface area (Å²) in [6.07, 6.45) is 1.59. The van der Waals surface area contributed by atoms with Crippen LogP contribution < -0.4 is 9.92 Å². The maximum absolute atomic E-state index is 12.3. The molecule has 122 valence electrons. The molecular formula is C16H16ClNO4S. The van der Waals surface area contributed by atoms with Crippen LogP contribution in [0.15, 0.2) is 53.4 Å². The van der Waals surface area contributed by atoms with Gasteiger partial charge in [-0.25, -0.2) is 0 Å². The van der Waals surface area contributed by atoms with Crippen molar-refractivity contribution < 1.29 is 17.4 Å². The molecule has 0 spiro atoms. The lowest BCUT2D eigenvalue weighted by Crippen LogP contribution is -2.16. The number of carbonyl (C=O) groups is 1. The molecule has 0 aliphatic heterocycles. The fourth-order valence-electron chi connectivity index (χ4n) is 2.00. The average molecular weight is 354 g/mol. The zero-order chi connectivity index (χ0) is 16.9. The van der Waals surface area contributed by atoms with Crippen LogP contribution >= 0.6 is 11.6 Å². The third-order valence-electron chi connectivity index (χ3n) is 3.16. The van der Waals surface area contributed by atoms with Crippen LogP contribution in [0.25, 0.3) is 0 Å². The van der Waals surface area contributed by atoms with Crippen LogP contribution in [0.4, 0.5) is 0 Å². The SMILES string of the molecule is NC(=O)c1ccccc1OS(=O)(=O)c1ccc(CCCCl)cc1. The molecule has 0 unspecified atom stereocenters. The molecule has 0 aliphatic carbocycles. The van der Waals surface area contributed by atoms with E-state index in [-0.39, 0.29) is 16.2 Å². The standard InChI is InChI=1S/C16H16ClNO4S/c17-11-3-4-12-7-9-13(10-8-12)23(20,21)22-15-6-2-1-5-14(15)16(18)19/h1-2,5-10H,3-4,11H2,(H2,18,19). The number of hydrogen-bond donors (Lipinski definition) is 1. The molecule has 1 amide bonds. The van der Waals surface area contributed by atoms with Gasteiger partial charge in [0.25, 0.3) is 5.91 Å². The van der Waals surface area contributed by atoms with Gasteiger partial charge in [-0.3, -0.25) is 4.79 Å². The average Bonchev–Trinajstić information content (AvgIpc) is 2.53. The molecule has 2 aromatic rings. The molecule has 2 aromatic carbocycles. The molecule has 0 atom stereocenters. The third-order valence-corrected chi connectivity index (χ3v) is 4.68. The lowest BCUT2D eigenvalue weighted by atomic mass is 10.1. The summed E-state index contributed by atoms with van der Waals surface area (Å²) in [5.74, 6) is -0.300. The van der Waals surface area contributed by atoms with E-state index in [1.165, 1.54) is 24.3 Å². The summed E-state index contributed by atoms with van der Waals surface area (Å²) in [5, 5.41) is 0. The van der Waals surface area contributed by atoms with Crippen molar-refractivity contribution in [2.24, 2.45) is 5.73 Å². The normalized spacial score (nSPS) is 11.2. The van der Waals surface area contributed by atoms with Gasteiger partial charge in [0.15, 0.2) is 5.75 Å². The first-order valence-electron chi connectivity index (χ1n) is 6.92. The summed E-state index contributed by atoms with van der Waals surface area (Å²) in [4.78, 5) is 11.3. The van der Waals surface area contributed by atoms with Crippen LogP contribution in [0.3, 0.4) is 0 Å². The van der Waals surface area contributed by atoms with Crippen molar-refractivity contribution in [1.82, 2.24) is 0 Å². The van der Waals surface area contributed by atoms with Gasteiger partial charge >= 0.3 is 10.1 Å². The van der Waals surface area contributed by atoms with Crippen LogP contribution in [0, 0.1) is 0 Å². The summed E-state index contributed by atoms with van der Waals surface area (Å²) in [6.45, 7) is 0. The minimum absolute atomic E-state index is 0.00592. The second-order valence-electron chi connectivity index (χ2n) is 4.83. The van der Waals surface area contributed by atoms with Gasteiger partial charge in [0.1, 0.15) is 4.90 Å². The summed E-state index contributed by atoms with van der Waals surface area (Å²) >= 11 is 5.63. The molecule has 0 saturated heterocycles. The Morgan fingerprint density at radius 1 is 1.09 bits per heavy atom. The Morgan fingerprint density at radius 3 is 2.35 bits per heavy atom. The van der Waals surface area contributed by atoms with Crippen molar-refractivity contribution in [2.75, 3.05) is 5.88 Å². The monoisotopic (exact) mass is 353 g/mol. The number of halogens is 1. The van der Waals surface area contributed by atoms with E-state index in [1.54, 1.807) is 24.3 Å². The summed E-state index contributed by atoms with van der Waals surface area (Å²) in [5.41, 5.74) is 6.21. The fraction of sp³-hybridized carbons (Fsp3) is 0.188. The minimum atomic E-state index is -4.04. The van der Waals surface area contributed by atoms with E-state index in [1.807, 2.05) is 0 Å². The zero-order valence-corrected chi connectivity index (χ0v) is 13.8. The molecule has 0 radical (unpaired) electrons. The summed E-state index contributed by atoms with van der Waals surface area (Å²) in [7, 11) is -4.04. The van der Waals surface area contributed by atoms with Gasteiger partial charge in [-0.05, 0) is 42.7 Å². The molecule has 2 N–H and O–H groups in total. The van der Waals surface area contributed by atoms with Gasteiger partial charge in [-0.2, -0.15) is 8.42 Å². The summed E-state index contributed by atoms with van der Waals surface area (Å²) in [6, 6.07) is 12.3. The number of nitrogens with two attached hydrogens (primary N) is 1. The van der Waals surface area contributed by atoms with E-state index in [4.69, 9.17) is 21.5 Å². The Hall–Kier alpha value is -2.05. The lowest BCUT2D eigenvalue weighted by molar-refractivity contribution is 0.0999. The van der Waals surface area contributed by atoms with Gasteiger partial charge in [-0.15, -0.1) is 11.6 Å². The molecule has 23 heavy (non-hydrogen) atoms. The lowest BCUT2D eigenvalue weighted by Gasteiger charge is -2.10. The van der Waals surface area contributed by atoms with Crippen molar-refractivity contribution in [3.63, 3.8) is 0 Å². The molecule has 0 fully saturated rings. The van der Waals surface area contributed by atoms with E-state index in [0.29, 0.717) is 5.88 Å². The van der Waals surface area contributed by atoms with Gasteiger partial charge in [0.05, 0.1) is 5.56 Å². The van der Waals surface area contributed by atoms with Crippen LogP contribution in [0.2, 0.25) is 0 Å². The van der Waals surface area contributed by atoms with Crippen molar-refractivity contribution in [3.05, 3.63) is 59.7 Å². The van der Waals surface area contributed by atoms with E-state index >= 15 is 0 Å². The maximum atomic E-state index is 12.3. The van der Waals surface area contributed by atoms with Crippen molar-refractivity contribution in [3.8, 4) is 5.75 Å². The Morgan fingerprint density at radius 2 is 1.74 bits per heavy atom. The molecule has 7 heteroatoms. The number of para-hydroxylation sites is 1. The predicted octanol–water partition coefficient (Wildman–Crippen LogP) is 2.72. The van der Waals surface area contributed by atoms with E-state index in [0.717, 1.165) is 18.4 Å². The highest BCUT2D eigenvalue weighted by Crippen LogP contribution is 2.23. The highest BCUT2D eigenvalue weighted by Gasteiger charge is 2.19. The Kier molecular flexibility index (Phi) is 5.63. The number of aryl methyl sites for hydroxylation is 1. The first kappa shape index (κ1) is 17.3. The largest absolute Gasteiger partial charge is 0.378 e. The molecule has 5 nitrogen and oxygen atoms in total. The van der Waals surface area contributed by atoms with Gasteiger partial charge in [-0.1, -0.05) is 24.3 Å². The molecule has 2 rings (SSSR count). The number of rotatable bonds is 7. The van der Waals surface area contributed by atoms with E-state index in [2.05, 4.69) is 0 Å². The van der Waals surface area contributed by atoms with Crippen LogP contribution in [0.1, 0.15) is 22.3 Å². The quantitative estimate of drug-likeness (QED) is 0.612. The first-order valence-corrected chi connectivity index (χ1v) is 8.86. The molecule has 0 heterocycles. The van der Waals surface area contributed by atoms with Crippen LogP contribution in [-0.2, 0) is 16.5 Å². The molecule has 0 bridgehead atoms. The molecule has 0 saturated carbocycles. The van der Waals surface area contributed by atoms with Crippen molar-refractivity contribution in [1.29, 1.82) is 0 Å². The number of primary amides is 1. The Bertz CT molecular complexity index is 788. The summed E-state index contributed by atoms with van der Waals surface area (Å²) < 4.78 is 29.7. The molecule has 0 aliphatic rings. The highest BCUT2D eigenvalue weighted by molar-refractivity contribution is 7.87. The van der Waals surface area contributed by atoms with E-state index < -0.39 is 16.0 Å². The van der Waals surface area contributed by atoms with Crippen molar-refractivity contribution >= 4 is 27.6 Å². The van der Waals surface area contributed by atoms with Crippen LogP contribution in [0.5, 0.6) is 5.75 Å². The number of benzene rings is 2. The molecular weight excluding hydrogens is 338 g/mol. The zero-order valence-electron chi connectivity index (χ0n) is 12.2. The number of carbonyl (C=O) groups excluding carboxylic acids is 1. The second kappa shape index (κ2) is 7.48. The molecule has 0 aromatic heterocycles. The Labute approximate surface area is 140 Å². The number of alkyl halides is 1. The fourth-order valence-corrected chi connectivity index (χ4v) is 3.08. The Balaban J connectivity index is 2.24. The van der Waals surface area contributed by atoms with Crippen LogP contribution in [-0.4, -0.2) is 20.2 Å². The third kappa shape index (κ3) is 4.46. The number of amides is 1. The van der Waals surface area contributed by atoms with Gasteiger partial charge < -0.3 is 9.92 Å². The maximum Gasteiger partial charge on any atom is 0.339 e. The smallest absolute Gasteiger partial charge is 0.339 e. The second-order valence-corrected chi connectivity index (χ2v) is 6.76. The van der Waals surface area contributed by atoms with Crippen molar-refractivity contribution in [2.45, 2.75) is 17.7 Å². The predicted molar refractivity (Wildman–Crippen MR) is 88.3 cm³/mol. The van der Waals surface area contributed by atoms with E-state index in [9.17, 15) is 13.2 Å². The van der Waals surface area contributed by atoms with Gasteiger partial charge in [0.2, 0.25) is 0 Å². The first-order chi connectivity index (χ1) is 10.9. The minimum Gasteiger partial charge on any atom is -0.378 e. The van der Waals surface area contributed by atoms with Gasteiger partial charge in [0, 0.05) is 5.88 Å². The topological polar surface area (TPSA) is 86.5 Å².